The Morgan fingerprint density at radius 2 is 2.00 bits per heavy atom. The molecule has 0 radical (unpaired) electrons. The van der Waals surface area contributed by atoms with E-state index in [4.69, 9.17) is 5.26 Å². The van der Waals surface area contributed by atoms with Crippen LogP contribution in [0.1, 0.15) is 25.0 Å². The summed E-state index contributed by atoms with van der Waals surface area (Å²) in [5, 5.41) is 8.99. The number of aryl methyl sites for hydroxylation is 1. The molecule has 13 heavy (non-hydrogen) atoms. The van der Waals surface area contributed by atoms with Gasteiger partial charge < -0.3 is 0 Å². The summed E-state index contributed by atoms with van der Waals surface area (Å²) in [4.78, 5) is 0. The number of hydrogen-bond acceptors (Lipinski definition) is 1. The zero-order chi connectivity index (χ0) is 10.1. The number of benzene rings is 1. The van der Waals surface area contributed by atoms with Gasteiger partial charge in [-0.05, 0) is 32.4 Å². The zero-order valence-corrected chi connectivity index (χ0v) is 9.64. The Morgan fingerprint density at radius 3 is 2.54 bits per heavy atom. The third kappa shape index (κ3) is 2.10. The molecule has 0 saturated carbocycles. The number of hydrogen-bond donors (Lipinski definition) is 0. The van der Waals surface area contributed by atoms with Crippen molar-refractivity contribution in [2.24, 2.45) is 0 Å². The second kappa shape index (κ2) is 3.51. The van der Waals surface area contributed by atoms with E-state index in [2.05, 4.69) is 22.0 Å². The molecule has 1 aromatic carbocycles. The van der Waals surface area contributed by atoms with E-state index < -0.39 is 5.41 Å². The molecule has 0 unspecified atom stereocenters. The van der Waals surface area contributed by atoms with Gasteiger partial charge in [-0.1, -0.05) is 33.6 Å². The summed E-state index contributed by atoms with van der Waals surface area (Å²) < 4.78 is 1.00. The Kier molecular flexibility index (Phi) is 2.77. The summed E-state index contributed by atoms with van der Waals surface area (Å²) in [6.45, 7) is 5.88. The molecule has 1 nitrogen and oxygen atoms in total. The second-order valence-electron chi connectivity index (χ2n) is 3.72. The largest absolute Gasteiger partial charge is 0.197 e. The average molecular weight is 238 g/mol. The number of nitriles is 1. The van der Waals surface area contributed by atoms with E-state index in [9.17, 15) is 0 Å². The number of rotatable bonds is 1. The lowest BCUT2D eigenvalue weighted by atomic mass is 9.86. The van der Waals surface area contributed by atoms with Crippen LogP contribution in [0.15, 0.2) is 22.7 Å². The number of halogens is 1. The first-order valence-electron chi connectivity index (χ1n) is 4.15. The van der Waals surface area contributed by atoms with Crippen molar-refractivity contribution in [1.82, 2.24) is 0 Å². The van der Waals surface area contributed by atoms with Gasteiger partial charge in [0.05, 0.1) is 11.5 Å². The van der Waals surface area contributed by atoms with E-state index in [1.807, 2.05) is 39.0 Å². The average Bonchev–Trinajstić information content (AvgIpc) is 2.09. The Balaban J connectivity index is 3.30. The minimum absolute atomic E-state index is 0.426. The van der Waals surface area contributed by atoms with Gasteiger partial charge in [0.2, 0.25) is 0 Å². The zero-order valence-electron chi connectivity index (χ0n) is 8.06. The minimum atomic E-state index is -0.426. The molecule has 1 aromatic rings. The quantitative estimate of drug-likeness (QED) is 0.733. The van der Waals surface area contributed by atoms with Crippen molar-refractivity contribution in [3.05, 3.63) is 33.8 Å². The van der Waals surface area contributed by atoms with Gasteiger partial charge in [-0.3, -0.25) is 0 Å². The molecule has 68 valence electrons. The third-order valence-corrected chi connectivity index (χ3v) is 2.77. The summed E-state index contributed by atoms with van der Waals surface area (Å²) in [5.41, 5.74) is 1.81. The van der Waals surface area contributed by atoms with E-state index in [1.54, 1.807) is 0 Å². The molecule has 1 rings (SSSR count). The van der Waals surface area contributed by atoms with Crippen molar-refractivity contribution >= 4 is 15.9 Å². The van der Waals surface area contributed by atoms with Gasteiger partial charge in [0.25, 0.3) is 0 Å². The monoisotopic (exact) mass is 237 g/mol. The highest BCUT2D eigenvalue weighted by Gasteiger charge is 2.22. The highest BCUT2D eigenvalue weighted by Crippen LogP contribution is 2.30. The Bertz CT molecular complexity index is 361. The van der Waals surface area contributed by atoms with E-state index in [1.165, 1.54) is 5.56 Å². The molecule has 0 aliphatic heterocycles. The van der Waals surface area contributed by atoms with Crippen molar-refractivity contribution in [1.29, 1.82) is 5.26 Å². The maximum absolute atomic E-state index is 8.99. The van der Waals surface area contributed by atoms with Crippen molar-refractivity contribution < 1.29 is 0 Å². The van der Waals surface area contributed by atoms with Crippen molar-refractivity contribution in [3.8, 4) is 6.07 Å². The molecule has 0 aliphatic carbocycles. The first kappa shape index (κ1) is 10.3. The maximum atomic E-state index is 8.99. The lowest BCUT2D eigenvalue weighted by Crippen LogP contribution is -2.14. The lowest BCUT2D eigenvalue weighted by Gasteiger charge is -2.18. The normalized spacial score (nSPS) is 11.0. The topological polar surface area (TPSA) is 23.8 Å². The van der Waals surface area contributed by atoms with Gasteiger partial charge in [-0.2, -0.15) is 5.26 Å². The molecule has 0 amide bonds. The molecule has 0 saturated heterocycles. The molecule has 2 heteroatoms. The summed E-state index contributed by atoms with van der Waals surface area (Å²) in [7, 11) is 0. The second-order valence-corrected chi connectivity index (χ2v) is 4.57. The molecule has 0 spiro atoms. The summed E-state index contributed by atoms with van der Waals surface area (Å²) in [6, 6.07) is 8.36. The van der Waals surface area contributed by atoms with Gasteiger partial charge in [0, 0.05) is 4.47 Å². The van der Waals surface area contributed by atoms with Crippen LogP contribution < -0.4 is 0 Å². The first-order valence-corrected chi connectivity index (χ1v) is 4.94. The Hall–Kier alpha value is -0.810. The molecule has 0 atom stereocenters. The van der Waals surface area contributed by atoms with E-state index in [0.717, 1.165) is 10.0 Å². The van der Waals surface area contributed by atoms with Gasteiger partial charge in [0.1, 0.15) is 0 Å². The Morgan fingerprint density at radius 1 is 1.38 bits per heavy atom. The van der Waals surface area contributed by atoms with Crippen LogP contribution in [0.5, 0.6) is 0 Å². The van der Waals surface area contributed by atoms with Crippen LogP contribution in [0.25, 0.3) is 0 Å². The van der Waals surface area contributed by atoms with Crippen LogP contribution >= 0.6 is 15.9 Å². The third-order valence-electron chi connectivity index (χ3n) is 2.07. The molecule has 0 heterocycles. The molecule has 0 aliphatic rings. The maximum Gasteiger partial charge on any atom is 0.0777 e. The lowest BCUT2D eigenvalue weighted by molar-refractivity contribution is 0.682. The summed E-state index contributed by atoms with van der Waals surface area (Å²) in [5.74, 6) is 0. The SMILES string of the molecule is Cc1ccc(Br)c(C(C)(C)C#N)c1. The fourth-order valence-corrected chi connectivity index (χ4v) is 1.92. The first-order chi connectivity index (χ1) is 5.97. The molecule has 0 aromatic heterocycles. The van der Waals surface area contributed by atoms with Crippen LogP contribution in [0.4, 0.5) is 0 Å². The van der Waals surface area contributed by atoms with Crippen LogP contribution in [0.2, 0.25) is 0 Å². The highest BCUT2D eigenvalue weighted by molar-refractivity contribution is 9.10. The standard InChI is InChI=1S/C11H12BrN/c1-8-4-5-10(12)9(6-8)11(2,3)7-13/h4-6H,1-3H3. The predicted molar refractivity (Wildman–Crippen MR) is 57.5 cm³/mol. The van der Waals surface area contributed by atoms with Crippen molar-refractivity contribution in [2.75, 3.05) is 0 Å². The molecule has 0 N–H and O–H groups in total. The van der Waals surface area contributed by atoms with E-state index >= 15 is 0 Å². The van der Waals surface area contributed by atoms with Crippen molar-refractivity contribution in [3.63, 3.8) is 0 Å². The Labute approximate surface area is 87.5 Å². The smallest absolute Gasteiger partial charge is 0.0777 e. The van der Waals surface area contributed by atoms with E-state index in [-0.39, 0.29) is 0 Å². The fraction of sp³-hybridized carbons (Fsp3) is 0.364. The van der Waals surface area contributed by atoms with Gasteiger partial charge >= 0.3 is 0 Å². The molecule has 0 fully saturated rings. The van der Waals surface area contributed by atoms with Crippen LogP contribution in [0.3, 0.4) is 0 Å². The molecular weight excluding hydrogens is 226 g/mol. The van der Waals surface area contributed by atoms with Crippen molar-refractivity contribution in [2.45, 2.75) is 26.2 Å². The van der Waals surface area contributed by atoms with Gasteiger partial charge in [0.15, 0.2) is 0 Å². The summed E-state index contributed by atoms with van der Waals surface area (Å²) >= 11 is 3.46. The van der Waals surface area contributed by atoms with Gasteiger partial charge in [-0.25, -0.2) is 0 Å². The van der Waals surface area contributed by atoms with Crippen LogP contribution in [0, 0.1) is 18.3 Å². The predicted octanol–water partition coefficient (Wildman–Crippen LogP) is 3.56. The van der Waals surface area contributed by atoms with Crippen LogP contribution in [-0.4, -0.2) is 0 Å². The summed E-state index contributed by atoms with van der Waals surface area (Å²) in [6.07, 6.45) is 0. The minimum Gasteiger partial charge on any atom is -0.197 e. The number of nitrogens with zero attached hydrogens (tertiary/aromatic N) is 1. The molecule has 0 bridgehead atoms. The van der Waals surface area contributed by atoms with E-state index in [0.29, 0.717) is 0 Å². The van der Waals surface area contributed by atoms with Crippen LogP contribution in [-0.2, 0) is 5.41 Å². The van der Waals surface area contributed by atoms with Gasteiger partial charge in [-0.15, -0.1) is 0 Å². The highest BCUT2D eigenvalue weighted by atomic mass is 79.9. The fourth-order valence-electron chi connectivity index (χ4n) is 1.18. The molecular formula is C11H12BrN.